The molecule has 152 valence electrons. The van der Waals surface area contributed by atoms with Crippen LogP contribution in [-0.4, -0.2) is 62.2 Å². The number of piperazine rings is 1. The zero-order valence-corrected chi connectivity index (χ0v) is 18.2. The highest BCUT2D eigenvalue weighted by atomic mass is 35.5. The second-order valence-electron chi connectivity index (χ2n) is 7.37. The lowest BCUT2D eigenvalue weighted by Gasteiger charge is -2.34. The Labute approximate surface area is 175 Å². The predicted molar refractivity (Wildman–Crippen MR) is 113 cm³/mol. The average molecular weight is 442 g/mol. The summed E-state index contributed by atoms with van der Waals surface area (Å²) in [5, 5.41) is 8.81. The van der Waals surface area contributed by atoms with E-state index in [0.29, 0.717) is 34.7 Å². The Balaban J connectivity index is 1.37. The first kappa shape index (κ1) is 19.9. The van der Waals surface area contributed by atoms with Crippen molar-refractivity contribution in [2.45, 2.75) is 24.0 Å². The SMILES string of the molecule is CC1CCN(c2ccc(N3CCN(S(=O)(=O)c4ccc(Cl)s4)CC3)nn2)CC1. The summed E-state index contributed by atoms with van der Waals surface area (Å²) in [5.41, 5.74) is 0. The minimum Gasteiger partial charge on any atom is -0.355 e. The zero-order valence-electron chi connectivity index (χ0n) is 15.8. The fraction of sp³-hybridized carbons (Fsp3) is 0.556. The number of piperidine rings is 1. The molecular formula is C18H24ClN5O2S2. The fourth-order valence-corrected chi connectivity index (χ4v) is 6.67. The summed E-state index contributed by atoms with van der Waals surface area (Å²) in [7, 11) is -3.47. The molecule has 0 atom stereocenters. The molecule has 0 spiro atoms. The van der Waals surface area contributed by atoms with E-state index in [2.05, 4.69) is 26.9 Å². The van der Waals surface area contributed by atoms with Crippen molar-refractivity contribution >= 4 is 44.6 Å². The van der Waals surface area contributed by atoms with E-state index in [-0.39, 0.29) is 0 Å². The molecule has 0 saturated carbocycles. The third-order valence-corrected chi connectivity index (χ3v) is 9.05. The number of halogens is 1. The van der Waals surface area contributed by atoms with E-state index in [1.165, 1.54) is 17.1 Å². The highest BCUT2D eigenvalue weighted by molar-refractivity contribution is 7.91. The van der Waals surface area contributed by atoms with Crippen LogP contribution in [0.1, 0.15) is 19.8 Å². The van der Waals surface area contributed by atoms with Crippen LogP contribution in [0.15, 0.2) is 28.5 Å². The summed E-state index contributed by atoms with van der Waals surface area (Å²) >= 11 is 6.99. The molecule has 2 aromatic rings. The summed E-state index contributed by atoms with van der Waals surface area (Å²) in [6.07, 6.45) is 2.38. The van der Waals surface area contributed by atoms with E-state index in [9.17, 15) is 8.42 Å². The molecule has 0 amide bonds. The average Bonchev–Trinajstić information content (AvgIpc) is 3.16. The summed E-state index contributed by atoms with van der Waals surface area (Å²) in [4.78, 5) is 4.37. The van der Waals surface area contributed by atoms with Crippen LogP contribution in [0.2, 0.25) is 4.34 Å². The second kappa shape index (κ2) is 8.14. The summed E-state index contributed by atoms with van der Waals surface area (Å²) < 4.78 is 27.7. The lowest BCUT2D eigenvalue weighted by atomic mass is 9.99. The van der Waals surface area contributed by atoms with Gasteiger partial charge in [0.25, 0.3) is 10.0 Å². The maximum atomic E-state index is 12.7. The van der Waals surface area contributed by atoms with Crippen LogP contribution in [0.4, 0.5) is 11.6 Å². The van der Waals surface area contributed by atoms with Gasteiger partial charge in [0.1, 0.15) is 4.21 Å². The molecule has 0 aromatic carbocycles. The van der Waals surface area contributed by atoms with E-state index in [4.69, 9.17) is 11.6 Å². The lowest BCUT2D eigenvalue weighted by Crippen LogP contribution is -2.48. The Morgan fingerprint density at radius 3 is 2.00 bits per heavy atom. The minimum atomic E-state index is -3.47. The molecule has 0 N–H and O–H groups in total. The molecule has 4 rings (SSSR count). The lowest BCUT2D eigenvalue weighted by molar-refractivity contribution is 0.384. The van der Waals surface area contributed by atoms with Gasteiger partial charge in [0.05, 0.1) is 4.34 Å². The molecule has 0 unspecified atom stereocenters. The van der Waals surface area contributed by atoms with Gasteiger partial charge in [-0.1, -0.05) is 18.5 Å². The second-order valence-corrected chi connectivity index (χ2v) is 11.2. The highest BCUT2D eigenvalue weighted by Gasteiger charge is 2.30. The maximum Gasteiger partial charge on any atom is 0.252 e. The molecule has 2 aliphatic heterocycles. The Kier molecular flexibility index (Phi) is 5.78. The number of nitrogens with zero attached hydrogens (tertiary/aromatic N) is 5. The van der Waals surface area contributed by atoms with Gasteiger partial charge >= 0.3 is 0 Å². The Hall–Kier alpha value is -1.42. The van der Waals surface area contributed by atoms with Gasteiger partial charge in [-0.2, -0.15) is 4.31 Å². The van der Waals surface area contributed by atoms with Crippen LogP contribution < -0.4 is 9.80 Å². The van der Waals surface area contributed by atoms with E-state index >= 15 is 0 Å². The van der Waals surface area contributed by atoms with Gasteiger partial charge in [-0.15, -0.1) is 21.5 Å². The summed E-state index contributed by atoms with van der Waals surface area (Å²) in [6.45, 7) is 6.37. The molecule has 0 bridgehead atoms. The number of aromatic nitrogens is 2. The van der Waals surface area contributed by atoms with Gasteiger partial charge in [-0.3, -0.25) is 0 Å². The maximum absolute atomic E-state index is 12.7. The molecule has 0 aliphatic carbocycles. The van der Waals surface area contributed by atoms with Crippen molar-refractivity contribution in [1.29, 1.82) is 0 Å². The van der Waals surface area contributed by atoms with Gasteiger partial charge in [-0.25, -0.2) is 8.42 Å². The topological polar surface area (TPSA) is 69.6 Å². The van der Waals surface area contributed by atoms with E-state index in [1.807, 2.05) is 12.1 Å². The number of rotatable bonds is 4. The van der Waals surface area contributed by atoms with E-state index < -0.39 is 10.0 Å². The predicted octanol–water partition coefficient (Wildman–Crippen LogP) is 2.94. The van der Waals surface area contributed by atoms with E-state index in [1.54, 1.807) is 12.1 Å². The third-order valence-electron chi connectivity index (χ3n) is 5.45. The molecule has 10 heteroatoms. The van der Waals surface area contributed by atoms with Gasteiger partial charge in [0, 0.05) is 39.3 Å². The molecule has 2 aromatic heterocycles. The third kappa shape index (κ3) is 4.12. The molecule has 0 radical (unpaired) electrons. The smallest absolute Gasteiger partial charge is 0.252 e. The Bertz CT molecular complexity index is 902. The summed E-state index contributed by atoms with van der Waals surface area (Å²) in [6, 6.07) is 7.20. The van der Waals surface area contributed by atoms with Crippen molar-refractivity contribution in [3.8, 4) is 0 Å². The van der Waals surface area contributed by atoms with Crippen molar-refractivity contribution in [2.75, 3.05) is 49.1 Å². The number of anilines is 2. The van der Waals surface area contributed by atoms with E-state index in [0.717, 1.165) is 42.0 Å². The van der Waals surface area contributed by atoms with Gasteiger partial charge in [-0.05, 0) is 43.0 Å². The van der Waals surface area contributed by atoms with Crippen LogP contribution >= 0.6 is 22.9 Å². The van der Waals surface area contributed by atoms with Crippen LogP contribution in [0.5, 0.6) is 0 Å². The van der Waals surface area contributed by atoms with Gasteiger partial charge < -0.3 is 9.80 Å². The quantitative estimate of drug-likeness (QED) is 0.726. The summed E-state index contributed by atoms with van der Waals surface area (Å²) in [5.74, 6) is 2.50. The van der Waals surface area contributed by atoms with Gasteiger partial charge in [0.2, 0.25) is 0 Å². The number of hydrogen-bond acceptors (Lipinski definition) is 7. The zero-order chi connectivity index (χ0) is 19.7. The highest BCUT2D eigenvalue weighted by Crippen LogP contribution is 2.29. The van der Waals surface area contributed by atoms with Crippen molar-refractivity contribution in [2.24, 2.45) is 5.92 Å². The van der Waals surface area contributed by atoms with Crippen LogP contribution in [0, 0.1) is 5.92 Å². The molecule has 7 nitrogen and oxygen atoms in total. The molecule has 2 fully saturated rings. The monoisotopic (exact) mass is 441 g/mol. The fourth-order valence-electron chi connectivity index (χ4n) is 3.61. The molecular weight excluding hydrogens is 418 g/mol. The standard InChI is InChI=1S/C18H24ClN5O2S2/c1-14-6-8-22(9-7-14)16-3-4-17(21-20-16)23-10-12-24(13-11-23)28(25,26)18-5-2-15(19)27-18/h2-5,14H,6-13H2,1H3. The number of hydrogen-bond donors (Lipinski definition) is 0. The molecule has 28 heavy (non-hydrogen) atoms. The van der Waals surface area contributed by atoms with Crippen molar-refractivity contribution in [1.82, 2.24) is 14.5 Å². The van der Waals surface area contributed by atoms with Crippen molar-refractivity contribution < 1.29 is 8.42 Å². The van der Waals surface area contributed by atoms with Crippen LogP contribution in [0.25, 0.3) is 0 Å². The largest absolute Gasteiger partial charge is 0.355 e. The molecule has 2 aliphatic rings. The number of thiophene rings is 1. The first-order chi connectivity index (χ1) is 13.4. The number of sulfonamides is 1. The Morgan fingerprint density at radius 2 is 1.50 bits per heavy atom. The van der Waals surface area contributed by atoms with Crippen molar-refractivity contribution in [3.05, 3.63) is 28.6 Å². The normalized spacial score (nSPS) is 19.9. The Morgan fingerprint density at radius 1 is 0.929 bits per heavy atom. The molecule has 2 saturated heterocycles. The first-order valence-corrected chi connectivity index (χ1v) is 12.2. The van der Waals surface area contributed by atoms with Crippen LogP contribution in [0.3, 0.4) is 0 Å². The van der Waals surface area contributed by atoms with Crippen LogP contribution in [-0.2, 0) is 10.0 Å². The minimum absolute atomic E-state index is 0.297. The van der Waals surface area contributed by atoms with Crippen molar-refractivity contribution in [3.63, 3.8) is 0 Å². The van der Waals surface area contributed by atoms with Gasteiger partial charge in [0.15, 0.2) is 11.6 Å². The molecule has 4 heterocycles. The first-order valence-electron chi connectivity index (χ1n) is 9.52.